The van der Waals surface area contributed by atoms with Crippen LogP contribution in [0.5, 0.6) is 0 Å². The molecule has 24 heavy (non-hydrogen) atoms. The van der Waals surface area contributed by atoms with Crippen molar-refractivity contribution in [3.05, 3.63) is 87.9 Å². The molecule has 0 fully saturated rings. The summed E-state index contributed by atoms with van der Waals surface area (Å²) in [5.41, 5.74) is 2.66. The lowest BCUT2D eigenvalue weighted by Gasteiger charge is -2.14. The second-order valence-electron chi connectivity index (χ2n) is 5.61. The first-order chi connectivity index (χ1) is 11.6. The minimum atomic E-state index is -0.186. The molecule has 0 radical (unpaired) electrons. The maximum Gasteiger partial charge on any atom is 0.258 e. The van der Waals surface area contributed by atoms with E-state index in [0.29, 0.717) is 17.1 Å². The standard InChI is InChI=1S/C19H17N3O2/c1-13-5-3-4-6-16(13)22-18(21-14(2)11-19(22)24)12-17(23)15-7-9-20-10-8-15/h3-11H,12H2,1-2H3. The molecule has 0 amide bonds. The molecular weight excluding hydrogens is 302 g/mol. The molecule has 0 aliphatic carbocycles. The fourth-order valence-corrected chi connectivity index (χ4v) is 2.63. The number of hydrogen-bond acceptors (Lipinski definition) is 4. The zero-order chi connectivity index (χ0) is 17.1. The van der Waals surface area contributed by atoms with Crippen molar-refractivity contribution in [1.29, 1.82) is 0 Å². The van der Waals surface area contributed by atoms with Gasteiger partial charge in [-0.1, -0.05) is 18.2 Å². The van der Waals surface area contributed by atoms with Gasteiger partial charge in [0.2, 0.25) is 0 Å². The molecule has 5 nitrogen and oxygen atoms in total. The van der Waals surface area contributed by atoms with Crippen LogP contribution in [0.4, 0.5) is 0 Å². The SMILES string of the molecule is Cc1cc(=O)n(-c2ccccc2C)c(CC(=O)c2ccncc2)n1. The van der Waals surface area contributed by atoms with Crippen LogP contribution in [-0.4, -0.2) is 20.3 Å². The van der Waals surface area contributed by atoms with E-state index in [-0.39, 0.29) is 17.8 Å². The molecule has 0 aliphatic rings. The number of Topliss-reactive ketones (excluding diaryl/α,β-unsaturated/α-hetero) is 1. The molecule has 5 heteroatoms. The summed E-state index contributed by atoms with van der Waals surface area (Å²) in [5, 5.41) is 0. The number of aromatic nitrogens is 3. The van der Waals surface area contributed by atoms with Gasteiger partial charge in [-0.25, -0.2) is 4.98 Å². The van der Waals surface area contributed by atoms with Crippen molar-refractivity contribution in [2.75, 3.05) is 0 Å². The molecule has 0 unspecified atom stereocenters. The largest absolute Gasteiger partial charge is 0.294 e. The van der Waals surface area contributed by atoms with E-state index in [4.69, 9.17) is 0 Å². The molecule has 2 heterocycles. The molecule has 3 aromatic rings. The van der Waals surface area contributed by atoms with Gasteiger partial charge in [0.15, 0.2) is 5.78 Å². The summed E-state index contributed by atoms with van der Waals surface area (Å²) in [5.74, 6) is 0.341. The molecule has 3 rings (SSSR count). The summed E-state index contributed by atoms with van der Waals surface area (Å²) >= 11 is 0. The first-order valence-electron chi connectivity index (χ1n) is 7.65. The lowest BCUT2D eigenvalue weighted by Crippen LogP contribution is -2.26. The predicted molar refractivity (Wildman–Crippen MR) is 91.6 cm³/mol. The molecule has 0 bridgehead atoms. The van der Waals surface area contributed by atoms with Gasteiger partial charge in [0, 0.05) is 29.7 Å². The summed E-state index contributed by atoms with van der Waals surface area (Å²) < 4.78 is 1.52. The maximum atomic E-state index is 12.5. The number of hydrogen-bond donors (Lipinski definition) is 0. The zero-order valence-corrected chi connectivity index (χ0v) is 13.6. The van der Waals surface area contributed by atoms with E-state index in [9.17, 15) is 9.59 Å². The van der Waals surface area contributed by atoms with E-state index in [1.165, 1.54) is 10.6 Å². The third kappa shape index (κ3) is 3.15. The Morgan fingerprint density at radius 1 is 1.08 bits per heavy atom. The Kier molecular flexibility index (Phi) is 4.33. The highest BCUT2D eigenvalue weighted by Crippen LogP contribution is 2.14. The average Bonchev–Trinajstić information content (AvgIpc) is 2.56. The van der Waals surface area contributed by atoms with E-state index < -0.39 is 0 Å². The van der Waals surface area contributed by atoms with Crippen LogP contribution >= 0.6 is 0 Å². The second kappa shape index (κ2) is 6.58. The molecule has 0 saturated heterocycles. The fraction of sp³-hybridized carbons (Fsp3) is 0.158. The van der Waals surface area contributed by atoms with Crippen molar-refractivity contribution in [2.24, 2.45) is 0 Å². The van der Waals surface area contributed by atoms with Crippen molar-refractivity contribution >= 4 is 5.78 Å². The van der Waals surface area contributed by atoms with Gasteiger partial charge >= 0.3 is 0 Å². The van der Waals surface area contributed by atoms with Crippen LogP contribution in [0, 0.1) is 13.8 Å². The van der Waals surface area contributed by atoms with Gasteiger partial charge < -0.3 is 0 Å². The molecule has 2 aromatic heterocycles. The summed E-state index contributed by atoms with van der Waals surface area (Å²) in [6.07, 6.45) is 3.20. The fourth-order valence-electron chi connectivity index (χ4n) is 2.63. The first kappa shape index (κ1) is 15.8. The van der Waals surface area contributed by atoms with Crippen LogP contribution in [0.15, 0.2) is 59.7 Å². The highest BCUT2D eigenvalue weighted by Gasteiger charge is 2.15. The maximum absolute atomic E-state index is 12.5. The van der Waals surface area contributed by atoms with Crippen molar-refractivity contribution < 1.29 is 4.79 Å². The van der Waals surface area contributed by atoms with Crippen molar-refractivity contribution in [2.45, 2.75) is 20.3 Å². The highest BCUT2D eigenvalue weighted by molar-refractivity contribution is 5.97. The summed E-state index contributed by atoms with van der Waals surface area (Å²) in [7, 11) is 0. The van der Waals surface area contributed by atoms with Crippen molar-refractivity contribution in [3.8, 4) is 5.69 Å². The van der Waals surface area contributed by atoms with Crippen LogP contribution in [0.25, 0.3) is 5.69 Å². The third-order valence-electron chi connectivity index (χ3n) is 3.79. The van der Waals surface area contributed by atoms with E-state index >= 15 is 0 Å². The minimum Gasteiger partial charge on any atom is -0.294 e. The Morgan fingerprint density at radius 2 is 1.79 bits per heavy atom. The molecule has 120 valence electrons. The van der Waals surface area contributed by atoms with E-state index in [2.05, 4.69) is 9.97 Å². The quantitative estimate of drug-likeness (QED) is 0.694. The van der Waals surface area contributed by atoms with Crippen LogP contribution in [0.2, 0.25) is 0 Å². The Labute approximate surface area is 139 Å². The zero-order valence-electron chi connectivity index (χ0n) is 13.6. The molecule has 0 spiro atoms. The van der Waals surface area contributed by atoms with Crippen LogP contribution in [-0.2, 0) is 6.42 Å². The summed E-state index contributed by atoms with van der Waals surface area (Å²) in [6.45, 7) is 3.68. The smallest absolute Gasteiger partial charge is 0.258 e. The molecule has 0 N–H and O–H groups in total. The van der Waals surface area contributed by atoms with Crippen molar-refractivity contribution in [1.82, 2.24) is 14.5 Å². The monoisotopic (exact) mass is 319 g/mol. The van der Waals surface area contributed by atoms with E-state index in [1.54, 1.807) is 31.5 Å². The molecule has 0 atom stereocenters. The number of ketones is 1. The van der Waals surface area contributed by atoms with Crippen LogP contribution in [0.1, 0.15) is 27.4 Å². The number of pyridine rings is 1. The average molecular weight is 319 g/mol. The Morgan fingerprint density at radius 3 is 2.50 bits per heavy atom. The Balaban J connectivity index is 2.10. The number of aryl methyl sites for hydroxylation is 2. The van der Waals surface area contributed by atoms with E-state index in [0.717, 1.165) is 11.3 Å². The number of nitrogens with zero attached hydrogens (tertiary/aromatic N) is 3. The molecule has 0 aliphatic heterocycles. The van der Waals surface area contributed by atoms with E-state index in [1.807, 2.05) is 31.2 Å². The normalized spacial score (nSPS) is 10.6. The first-order valence-corrected chi connectivity index (χ1v) is 7.65. The Hall–Kier alpha value is -3.08. The predicted octanol–water partition coefficient (Wildman–Crippen LogP) is 2.67. The number of para-hydroxylation sites is 1. The number of carbonyl (C=O) groups excluding carboxylic acids is 1. The minimum absolute atomic E-state index is 0.0509. The lowest BCUT2D eigenvalue weighted by molar-refractivity contribution is 0.0990. The molecular formula is C19H17N3O2. The summed E-state index contributed by atoms with van der Waals surface area (Å²) in [4.78, 5) is 33.4. The molecule has 0 saturated carbocycles. The third-order valence-corrected chi connectivity index (χ3v) is 3.79. The van der Waals surface area contributed by atoms with Crippen LogP contribution < -0.4 is 5.56 Å². The van der Waals surface area contributed by atoms with Crippen LogP contribution in [0.3, 0.4) is 0 Å². The number of carbonyl (C=O) groups is 1. The van der Waals surface area contributed by atoms with Gasteiger partial charge in [-0.2, -0.15) is 0 Å². The van der Waals surface area contributed by atoms with Gasteiger partial charge in [-0.3, -0.25) is 19.1 Å². The number of rotatable bonds is 4. The van der Waals surface area contributed by atoms with Gasteiger partial charge in [-0.15, -0.1) is 0 Å². The topological polar surface area (TPSA) is 64.8 Å². The highest BCUT2D eigenvalue weighted by atomic mass is 16.1. The Bertz CT molecular complexity index is 946. The van der Waals surface area contributed by atoms with Crippen molar-refractivity contribution in [3.63, 3.8) is 0 Å². The van der Waals surface area contributed by atoms with Gasteiger partial charge in [0.05, 0.1) is 12.1 Å². The molecule has 1 aromatic carbocycles. The van der Waals surface area contributed by atoms with Gasteiger partial charge in [0.1, 0.15) is 5.82 Å². The number of benzene rings is 1. The van der Waals surface area contributed by atoms with Gasteiger partial charge in [0.25, 0.3) is 5.56 Å². The lowest BCUT2D eigenvalue weighted by atomic mass is 10.1. The second-order valence-corrected chi connectivity index (χ2v) is 5.61. The summed E-state index contributed by atoms with van der Waals surface area (Å²) in [6, 6.07) is 12.4. The van der Waals surface area contributed by atoms with Gasteiger partial charge in [-0.05, 0) is 37.6 Å².